The van der Waals surface area contributed by atoms with Gasteiger partial charge in [0.25, 0.3) is 0 Å². The Morgan fingerprint density at radius 1 is 0.938 bits per heavy atom. The minimum Gasteiger partial charge on any atom is -0.0895 e. The van der Waals surface area contributed by atoms with Gasteiger partial charge in [-0.25, -0.2) is 0 Å². The van der Waals surface area contributed by atoms with E-state index in [9.17, 15) is 0 Å². The second kappa shape index (κ2) is 3.02. The highest BCUT2D eigenvalue weighted by molar-refractivity contribution is 7.99. The van der Waals surface area contributed by atoms with Crippen LogP contribution in [0.1, 0.15) is 22.6 Å². The lowest BCUT2D eigenvalue weighted by Crippen LogP contribution is -1.94. The fourth-order valence-electron chi connectivity index (χ4n) is 2.56. The summed E-state index contributed by atoms with van der Waals surface area (Å²) in [6.45, 7) is 0. The molecule has 0 fully saturated rings. The van der Waals surface area contributed by atoms with Gasteiger partial charge in [-0.1, -0.05) is 48.2 Å². The topological polar surface area (TPSA) is 0 Å². The number of fused-ring (bicyclic) bond motifs is 2. The number of benzene rings is 2. The van der Waals surface area contributed by atoms with Gasteiger partial charge in [-0.05, 0) is 34.9 Å². The molecular formula is C15H10S. The maximum atomic E-state index is 2.31. The Morgan fingerprint density at radius 3 is 2.69 bits per heavy atom. The maximum absolute atomic E-state index is 2.31. The molecule has 0 saturated carbocycles. The van der Waals surface area contributed by atoms with E-state index in [4.69, 9.17) is 0 Å². The molecule has 2 aliphatic heterocycles. The molecule has 6 bridgehead atoms. The predicted molar refractivity (Wildman–Crippen MR) is 67.9 cm³/mol. The zero-order valence-electron chi connectivity index (χ0n) is 8.68. The van der Waals surface area contributed by atoms with E-state index >= 15 is 0 Å². The van der Waals surface area contributed by atoms with Gasteiger partial charge in [0.1, 0.15) is 0 Å². The molecular weight excluding hydrogens is 212 g/mol. The van der Waals surface area contributed by atoms with E-state index in [0.29, 0.717) is 5.92 Å². The Morgan fingerprint density at radius 2 is 1.81 bits per heavy atom. The summed E-state index contributed by atoms with van der Waals surface area (Å²) in [5.41, 5.74) is 4.27. The molecule has 0 spiro atoms. The Labute approximate surface area is 99.0 Å². The summed E-state index contributed by atoms with van der Waals surface area (Å²) in [6.07, 6.45) is 4.59. The molecule has 0 radical (unpaired) electrons. The van der Waals surface area contributed by atoms with Crippen LogP contribution in [0.5, 0.6) is 0 Å². The van der Waals surface area contributed by atoms with E-state index in [1.54, 1.807) is 0 Å². The molecule has 2 heterocycles. The van der Waals surface area contributed by atoms with Crippen molar-refractivity contribution in [1.29, 1.82) is 0 Å². The van der Waals surface area contributed by atoms with Crippen molar-refractivity contribution in [2.24, 2.45) is 0 Å². The molecule has 1 atom stereocenters. The molecule has 0 nitrogen and oxygen atoms in total. The van der Waals surface area contributed by atoms with Crippen LogP contribution >= 0.6 is 11.8 Å². The molecule has 1 heteroatoms. The highest BCUT2D eigenvalue weighted by Gasteiger charge is 2.22. The van der Waals surface area contributed by atoms with Crippen LogP contribution in [0.3, 0.4) is 0 Å². The summed E-state index contributed by atoms with van der Waals surface area (Å²) < 4.78 is 0. The van der Waals surface area contributed by atoms with Crippen molar-refractivity contribution in [3.63, 3.8) is 0 Å². The van der Waals surface area contributed by atoms with Gasteiger partial charge in [0, 0.05) is 15.7 Å². The van der Waals surface area contributed by atoms with E-state index in [0.717, 1.165) is 0 Å². The van der Waals surface area contributed by atoms with Crippen LogP contribution in [-0.2, 0) is 0 Å². The fourth-order valence-corrected chi connectivity index (χ4v) is 3.53. The van der Waals surface area contributed by atoms with Crippen molar-refractivity contribution in [1.82, 2.24) is 0 Å². The smallest absolute Gasteiger partial charge is 0.0279 e. The van der Waals surface area contributed by atoms with Crippen LogP contribution in [-0.4, -0.2) is 0 Å². The van der Waals surface area contributed by atoms with Gasteiger partial charge in [-0.3, -0.25) is 0 Å². The maximum Gasteiger partial charge on any atom is 0.0279 e. The zero-order valence-corrected chi connectivity index (χ0v) is 9.50. The lowest BCUT2D eigenvalue weighted by Gasteiger charge is -2.10. The summed E-state index contributed by atoms with van der Waals surface area (Å²) in [6, 6.07) is 15.6. The molecule has 0 saturated heterocycles. The Bertz CT molecular complexity index is 593. The third kappa shape index (κ3) is 1.07. The van der Waals surface area contributed by atoms with Crippen molar-refractivity contribution in [3.05, 3.63) is 65.2 Å². The van der Waals surface area contributed by atoms with Gasteiger partial charge in [-0.2, -0.15) is 0 Å². The van der Waals surface area contributed by atoms with Crippen LogP contribution < -0.4 is 0 Å². The van der Waals surface area contributed by atoms with Gasteiger partial charge >= 0.3 is 0 Å². The van der Waals surface area contributed by atoms with Crippen molar-refractivity contribution >= 4 is 17.8 Å². The first-order valence-electron chi connectivity index (χ1n) is 5.51. The summed E-state index contributed by atoms with van der Waals surface area (Å²) >= 11 is 1.86. The van der Waals surface area contributed by atoms with Crippen LogP contribution in [0.2, 0.25) is 0 Å². The van der Waals surface area contributed by atoms with E-state index in [2.05, 4.69) is 54.6 Å². The van der Waals surface area contributed by atoms with E-state index in [-0.39, 0.29) is 0 Å². The average molecular weight is 222 g/mol. The second-order valence-electron chi connectivity index (χ2n) is 4.27. The predicted octanol–water partition coefficient (Wildman–Crippen LogP) is 4.31. The molecule has 76 valence electrons. The molecule has 1 aliphatic carbocycles. The highest BCUT2D eigenvalue weighted by Crippen LogP contribution is 2.43. The van der Waals surface area contributed by atoms with Crippen molar-refractivity contribution in [2.75, 3.05) is 0 Å². The van der Waals surface area contributed by atoms with Crippen LogP contribution in [0.25, 0.3) is 6.08 Å². The molecule has 2 aromatic rings. The Hall–Kier alpha value is -1.47. The molecule has 0 N–H and O–H groups in total. The third-order valence-electron chi connectivity index (χ3n) is 3.36. The number of rotatable bonds is 0. The number of hydrogen-bond donors (Lipinski definition) is 0. The van der Waals surface area contributed by atoms with Gasteiger partial charge in [0.2, 0.25) is 0 Å². The van der Waals surface area contributed by atoms with Gasteiger partial charge < -0.3 is 0 Å². The molecule has 16 heavy (non-hydrogen) atoms. The first-order chi connectivity index (χ1) is 7.92. The monoisotopic (exact) mass is 222 g/mol. The van der Waals surface area contributed by atoms with Crippen molar-refractivity contribution in [3.8, 4) is 0 Å². The first-order valence-corrected chi connectivity index (χ1v) is 6.32. The summed E-state index contributed by atoms with van der Waals surface area (Å²) in [5.74, 6) is 0.461. The number of allylic oxidation sites excluding steroid dienone is 1. The summed E-state index contributed by atoms with van der Waals surface area (Å²) in [5, 5.41) is 0. The molecule has 2 aromatic carbocycles. The average Bonchev–Trinajstić information content (AvgIpc) is 2.77. The minimum atomic E-state index is 0.461. The second-order valence-corrected chi connectivity index (χ2v) is 5.38. The van der Waals surface area contributed by atoms with E-state index < -0.39 is 0 Å². The van der Waals surface area contributed by atoms with Crippen molar-refractivity contribution < 1.29 is 0 Å². The van der Waals surface area contributed by atoms with Gasteiger partial charge in [0.15, 0.2) is 0 Å². The zero-order chi connectivity index (χ0) is 10.5. The summed E-state index contributed by atoms with van der Waals surface area (Å²) in [4.78, 5) is 2.71. The highest BCUT2D eigenvalue weighted by atomic mass is 32.2. The quantitative estimate of drug-likeness (QED) is 0.640. The fraction of sp³-hybridized carbons (Fsp3) is 0.0667. The normalized spacial score (nSPS) is 19.4. The molecule has 0 amide bonds. The Balaban J connectivity index is 2.11. The SMILES string of the molecule is C1=CC2c3ccc(cc3)Sc3cccc2c31. The lowest BCUT2D eigenvalue weighted by molar-refractivity contribution is 1.04. The third-order valence-corrected chi connectivity index (χ3v) is 4.44. The van der Waals surface area contributed by atoms with Crippen LogP contribution in [0.4, 0.5) is 0 Å². The van der Waals surface area contributed by atoms with Crippen LogP contribution in [0.15, 0.2) is 58.3 Å². The molecule has 0 aromatic heterocycles. The largest absolute Gasteiger partial charge is 0.0895 e. The van der Waals surface area contributed by atoms with Crippen molar-refractivity contribution in [2.45, 2.75) is 15.7 Å². The summed E-state index contributed by atoms with van der Waals surface area (Å²) in [7, 11) is 0. The molecule has 5 rings (SSSR count). The van der Waals surface area contributed by atoms with E-state index in [1.807, 2.05) is 11.8 Å². The molecule has 1 unspecified atom stereocenters. The van der Waals surface area contributed by atoms with Crippen LogP contribution in [0, 0.1) is 0 Å². The minimum absolute atomic E-state index is 0.461. The van der Waals surface area contributed by atoms with Gasteiger partial charge in [0.05, 0.1) is 0 Å². The number of hydrogen-bond acceptors (Lipinski definition) is 1. The molecule has 3 aliphatic rings. The van der Waals surface area contributed by atoms with E-state index in [1.165, 1.54) is 26.5 Å². The Kier molecular flexibility index (Phi) is 1.63. The standard InChI is InChI=1S/C15H10S/c1-2-13-12-8-9-14(13)15(3-1)16-11-6-4-10(12)5-7-11/h1-9,12H. The lowest BCUT2D eigenvalue weighted by atomic mass is 9.93. The van der Waals surface area contributed by atoms with Gasteiger partial charge in [-0.15, -0.1) is 0 Å². The first kappa shape index (κ1) is 8.66.